The number of likely N-dealkylation sites (tertiary alicyclic amines) is 1. The van der Waals surface area contributed by atoms with Gasteiger partial charge in [0.05, 0.1) is 5.60 Å². The summed E-state index contributed by atoms with van der Waals surface area (Å²) in [5.41, 5.74) is 4.08. The number of aliphatic hydroxyl groups is 1. The van der Waals surface area contributed by atoms with Gasteiger partial charge < -0.3 is 10.2 Å². The van der Waals surface area contributed by atoms with E-state index in [4.69, 9.17) is 0 Å². The largest absolute Gasteiger partial charge is 0.508 e. The van der Waals surface area contributed by atoms with Crippen molar-refractivity contribution < 1.29 is 10.2 Å². The third-order valence-corrected chi connectivity index (χ3v) is 9.96. The number of phenolic OH excluding ortho intramolecular Hbond substituents is 1. The molecule has 3 aromatic rings. The number of rotatable bonds is 7. The maximum absolute atomic E-state index is 12.8. The average Bonchev–Trinajstić information content (AvgIpc) is 3.66. The molecule has 0 spiro atoms. The molecule has 4 heteroatoms. The Bertz CT molecular complexity index is 1220. The van der Waals surface area contributed by atoms with Crippen LogP contribution >= 0.6 is 0 Å². The van der Waals surface area contributed by atoms with Crippen LogP contribution in [0, 0.1) is 5.92 Å². The highest BCUT2D eigenvalue weighted by atomic mass is 16.3. The summed E-state index contributed by atoms with van der Waals surface area (Å²) in [5.74, 6) is 1.13. The number of aromatic hydroxyl groups is 1. The van der Waals surface area contributed by atoms with E-state index in [1.807, 2.05) is 12.1 Å². The number of piperidine rings is 1. The third-order valence-electron chi connectivity index (χ3n) is 9.96. The van der Waals surface area contributed by atoms with Crippen LogP contribution in [-0.4, -0.2) is 50.8 Å². The molecule has 0 aromatic heterocycles. The molecular formula is C33H38N2O2. The molecule has 2 N–H and O–H groups in total. The van der Waals surface area contributed by atoms with Gasteiger partial charge in [0.25, 0.3) is 0 Å². The summed E-state index contributed by atoms with van der Waals surface area (Å²) < 4.78 is 0. The van der Waals surface area contributed by atoms with Gasteiger partial charge in [-0.2, -0.15) is 0 Å². The monoisotopic (exact) mass is 494 g/mol. The second kappa shape index (κ2) is 8.97. The predicted octanol–water partition coefficient (Wildman–Crippen LogP) is 5.27. The van der Waals surface area contributed by atoms with Gasteiger partial charge in [0.15, 0.2) is 0 Å². The summed E-state index contributed by atoms with van der Waals surface area (Å²) in [6.07, 6.45) is 6.24. The molecule has 3 aromatic carbocycles. The first kappa shape index (κ1) is 23.5. The van der Waals surface area contributed by atoms with Crippen molar-refractivity contribution in [1.82, 2.24) is 9.80 Å². The molecule has 4 aliphatic rings. The standard InChI is InChI=1S/C33H38N2O2/c36-29-14-13-27-17-31-33(37)20-28(19-32(33,30(27)18-29)15-16-34(31)21-26-11-12-26)35(22-24-7-3-1-4-8-24)23-25-9-5-2-6-10-25/h1-10,13-14,18,26,28,31,36-37H,11-12,15-17,19-23H2/t28-,31-,32-,33-/m1/s1. The molecule has 37 heavy (non-hydrogen) atoms. The molecule has 4 nitrogen and oxygen atoms in total. The normalized spacial score (nSPS) is 30.8. The van der Waals surface area contributed by atoms with Gasteiger partial charge in [-0.1, -0.05) is 66.7 Å². The summed E-state index contributed by atoms with van der Waals surface area (Å²) in [6.45, 7) is 3.91. The second-order valence-electron chi connectivity index (χ2n) is 12.2. The fourth-order valence-corrected chi connectivity index (χ4v) is 8.00. The number of benzene rings is 3. The van der Waals surface area contributed by atoms with Crippen LogP contribution in [0.4, 0.5) is 0 Å². The quantitative estimate of drug-likeness (QED) is 0.470. The molecule has 192 valence electrons. The lowest BCUT2D eigenvalue weighted by Crippen LogP contribution is -2.69. The molecule has 2 saturated carbocycles. The number of nitrogens with zero attached hydrogens (tertiary/aromatic N) is 2. The SMILES string of the molecule is Oc1ccc2c(c1)[C@]13CCN(CC4CC4)[C@H](C2)[C@]1(O)C[C@H](N(Cc1ccccc1)Cc1ccccc1)C3. The second-order valence-corrected chi connectivity index (χ2v) is 12.2. The molecule has 1 aliphatic heterocycles. The Morgan fingerprint density at radius 3 is 2.19 bits per heavy atom. The predicted molar refractivity (Wildman–Crippen MR) is 146 cm³/mol. The van der Waals surface area contributed by atoms with Gasteiger partial charge >= 0.3 is 0 Å². The van der Waals surface area contributed by atoms with Gasteiger partial charge in [-0.3, -0.25) is 9.80 Å². The van der Waals surface area contributed by atoms with Crippen molar-refractivity contribution in [3.05, 3.63) is 101 Å². The number of hydrogen-bond donors (Lipinski definition) is 2. The van der Waals surface area contributed by atoms with Crippen LogP contribution < -0.4 is 0 Å². The van der Waals surface area contributed by atoms with Crippen molar-refractivity contribution >= 4 is 0 Å². The smallest absolute Gasteiger partial charge is 0.115 e. The number of fused-ring (bicyclic) bond motifs is 1. The Balaban J connectivity index is 1.28. The van der Waals surface area contributed by atoms with Gasteiger partial charge in [0.2, 0.25) is 0 Å². The molecule has 7 rings (SSSR count). The molecule has 0 amide bonds. The lowest BCUT2D eigenvalue weighted by Gasteiger charge is -2.59. The molecule has 1 heterocycles. The minimum atomic E-state index is -0.781. The minimum absolute atomic E-state index is 0.152. The van der Waals surface area contributed by atoms with Crippen LogP contribution in [0.25, 0.3) is 0 Å². The molecular weight excluding hydrogens is 456 g/mol. The first-order valence-electron chi connectivity index (χ1n) is 14.1. The van der Waals surface area contributed by atoms with E-state index in [9.17, 15) is 10.2 Å². The molecule has 0 radical (unpaired) electrons. The highest BCUT2D eigenvalue weighted by Crippen LogP contribution is 2.61. The van der Waals surface area contributed by atoms with Gasteiger partial charge in [0, 0.05) is 37.1 Å². The lowest BCUT2D eigenvalue weighted by molar-refractivity contribution is -0.131. The van der Waals surface area contributed by atoms with Crippen LogP contribution in [0.15, 0.2) is 78.9 Å². The molecule has 2 bridgehead atoms. The molecule has 1 saturated heterocycles. The Morgan fingerprint density at radius 2 is 1.54 bits per heavy atom. The van der Waals surface area contributed by atoms with E-state index >= 15 is 0 Å². The zero-order chi connectivity index (χ0) is 25.0. The Morgan fingerprint density at radius 1 is 0.865 bits per heavy atom. The van der Waals surface area contributed by atoms with E-state index in [-0.39, 0.29) is 17.5 Å². The maximum Gasteiger partial charge on any atom is 0.115 e. The summed E-state index contributed by atoms with van der Waals surface area (Å²) >= 11 is 0. The fourth-order valence-electron chi connectivity index (χ4n) is 8.00. The Labute approximate surface area is 220 Å². The molecule has 3 aliphatic carbocycles. The van der Waals surface area contributed by atoms with Crippen LogP contribution in [0.1, 0.15) is 54.4 Å². The summed E-state index contributed by atoms with van der Waals surface area (Å²) in [4.78, 5) is 5.24. The summed E-state index contributed by atoms with van der Waals surface area (Å²) in [7, 11) is 0. The van der Waals surface area contributed by atoms with Crippen LogP contribution in [0.5, 0.6) is 5.75 Å². The van der Waals surface area contributed by atoms with Crippen molar-refractivity contribution in [2.75, 3.05) is 13.1 Å². The lowest BCUT2D eigenvalue weighted by atomic mass is 9.56. The van der Waals surface area contributed by atoms with Gasteiger partial charge in [-0.15, -0.1) is 0 Å². The van der Waals surface area contributed by atoms with Gasteiger partial charge in [-0.05, 0) is 85.4 Å². The van der Waals surface area contributed by atoms with E-state index in [1.54, 1.807) is 0 Å². The van der Waals surface area contributed by atoms with Crippen LogP contribution in [-0.2, 0) is 24.9 Å². The zero-order valence-corrected chi connectivity index (χ0v) is 21.6. The van der Waals surface area contributed by atoms with E-state index in [2.05, 4.69) is 76.5 Å². The number of hydrogen-bond acceptors (Lipinski definition) is 4. The molecule has 3 fully saturated rings. The van der Waals surface area contributed by atoms with E-state index in [1.165, 1.54) is 35.1 Å². The van der Waals surface area contributed by atoms with Crippen molar-refractivity contribution in [1.29, 1.82) is 0 Å². The fraction of sp³-hybridized carbons (Fsp3) is 0.455. The van der Waals surface area contributed by atoms with Gasteiger partial charge in [0.1, 0.15) is 5.75 Å². The topological polar surface area (TPSA) is 46.9 Å². The van der Waals surface area contributed by atoms with Crippen molar-refractivity contribution in [2.45, 2.75) is 74.7 Å². The van der Waals surface area contributed by atoms with E-state index in [0.717, 1.165) is 57.8 Å². The van der Waals surface area contributed by atoms with Crippen LogP contribution in [0.3, 0.4) is 0 Å². The average molecular weight is 495 g/mol. The Kier molecular flexibility index (Phi) is 5.69. The maximum atomic E-state index is 12.8. The first-order valence-corrected chi connectivity index (χ1v) is 14.1. The molecule has 0 unspecified atom stereocenters. The first-order chi connectivity index (χ1) is 18.0. The van der Waals surface area contributed by atoms with Crippen LogP contribution in [0.2, 0.25) is 0 Å². The minimum Gasteiger partial charge on any atom is -0.508 e. The Hall–Kier alpha value is -2.66. The summed E-state index contributed by atoms with van der Waals surface area (Å²) in [5, 5.41) is 23.4. The van der Waals surface area contributed by atoms with Crippen molar-refractivity contribution in [3.63, 3.8) is 0 Å². The number of phenols is 1. The highest BCUT2D eigenvalue weighted by molar-refractivity contribution is 5.49. The van der Waals surface area contributed by atoms with Gasteiger partial charge in [-0.25, -0.2) is 0 Å². The van der Waals surface area contributed by atoms with Crippen molar-refractivity contribution in [3.8, 4) is 5.75 Å². The van der Waals surface area contributed by atoms with Crippen molar-refractivity contribution in [2.24, 2.45) is 5.92 Å². The zero-order valence-electron chi connectivity index (χ0n) is 21.6. The summed E-state index contributed by atoms with van der Waals surface area (Å²) in [6, 6.07) is 27.9. The third kappa shape index (κ3) is 4.01. The molecule has 4 atom stereocenters. The highest BCUT2D eigenvalue weighted by Gasteiger charge is 2.67. The van der Waals surface area contributed by atoms with E-state index < -0.39 is 5.60 Å². The van der Waals surface area contributed by atoms with E-state index in [0.29, 0.717) is 5.75 Å².